The fourth-order valence-electron chi connectivity index (χ4n) is 2.12. The summed E-state index contributed by atoms with van der Waals surface area (Å²) in [6.07, 6.45) is 1.03. The monoisotopic (exact) mass is 346 g/mol. The highest BCUT2D eigenvalue weighted by molar-refractivity contribution is 7.92. The lowest BCUT2D eigenvalue weighted by molar-refractivity contribution is 0.0440. The van der Waals surface area contributed by atoms with E-state index in [9.17, 15) is 13.2 Å². The molecule has 7 nitrogen and oxygen atoms in total. The number of rotatable bonds is 5. The number of hydrogen-bond acceptors (Lipinski definition) is 6. The smallest absolute Gasteiger partial charge is 0.338 e. The minimum Gasteiger partial charge on any atom is -0.452 e. The Kier molecular flexibility index (Phi) is 4.22. The largest absolute Gasteiger partial charge is 0.452 e. The van der Waals surface area contributed by atoms with Gasteiger partial charge in [-0.15, -0.1) is 0 Å². The van der Waals surface area contributed by atoms with E-state index in [0.717, 1.165) is 6.26 Å². The van der Waals surface area contributed by atoms with Gasteiger partial charge in [0.1, 0.15) is 5.52 Å². The molecule has 0 aliphatic carbocycles. The van der Waals surface area contributed by atoms with Gasteiger partial charge in [-0.3, -0.25) is 4.72 Å². The van der Waals surface area contributed by atoms with Gasteiger partial charge in [0.15, 0.2) is 12.2 Å². The summed E-state index contributed by atoms with van der Waals surface area (Å²) in [7, 11) is -3.42. The number of nitrogens with zero attached hydrogens (tertiary/aromatic N) is 1. The number of sulfonamides is 1. The highest BCUT2D eigenvalue weighted by atomic mass is 32.2. The highest BCUT2D eigenvalue weighted by Crippen LogP contribution is 2.17. The van der Waals surface area contributed by atoms with Crippen molar-refractivity contribution in [3.63, 3.8) is 0 Å². The van der Waals surface area contributed by atoms with Gasteiger partial charge in [-0.25, -0.2) is 18.2 Å². The van der Waals surface area contributed by atoms with E-state index < -0.39 is 16.0 Å². The summed E-state index contributed by atoms with van der Waals surface area (Å²) < 4.78 is 35.4. The number of carbonyl (C=O) groups is 1. The average Bonchev–Trinajstić information content (AvgIpc) is 2.94. The summed E-state index contributed by atoms with van der Waals surface area (Å²) in [6, 6.07) is 13.3. The maximum absolute atomic E-state index is 12.1. The van der Waals surface area contributed by atoms with E-state index in [0.29, 0.717) is 11.1 Å². The molecule has 24 heavy (non-hydrogen) atoms. The summed E-state index contributed by atoms with van der Waals surface area (Å²) >= 11 is 0. The van der Waals surface area contributed by atoms with Crippen molar-refractivity contribution in [2.75, 3.05) is 11.0 Å². The number of benzene rings is 2. The van der Waals surface area contributed by atoms with Crippen LogP contribution in [0.1, 0.15) is 16.2 Å². The maximum atomic E-state index is 12.1. The molecule has 0 fully saturated rings. The quantitative estimate of drug-likeness (QED) is 0.713. The molecule has 1 N–H and O–H groups in total. The minimum absolute atomic E-state index is 0.114. The molecule has 3 rings (SSSR count). The van der Waals surface area contributed by atoms with Crippen molar-refractivity contribution in [2.24, 2.45) is 0 Å². The van der Waals surface area contributed by atoms with E-state index in [1.165, 1.54) is 12.1 Å². The van der Waals surface area contributed by atoms with Crippen molar-refractivity contribution < 1.29 is 22.4 Å². The maximum Gasteiger partial charge on any atom is 0.338 e. The van der Waals surface area contributed by atoms with E-state index in [4.69, 9.17) is 9.15 Å². The molecule has 0 atom stereocenters. The average molecular weight is 346 g/mol. The first-order valence-electron chi connectivity index (χ1n) is 7.00. The Labute approximate surface area is 138 Å². The number of oxazole rings is 1. The van der Waals surface area contributed by atoms with Crippen molar-refractivity contribution in [1.82, 2.24) is 4.98 Å². The second kappa shape index (κ2) is 6.32. The molecule has 0 unspecified atom stereocenters. The summed E-state index contributed by atoms with van der Waals surface area (Å²) in [4.78, 5) is 16.3. The Hall–Kier alpha value is -2.87. The fourth-order valence-corrected chi connectivity index (χ4v) is 2.67. The highest BCUT2D eigenvalue weighted by Gasteiger charge is 2.12. The molecule has 2 aromatic carbocycles. The third-order valence-electron chi connectivity index (χ3n) is 3.07. The van der Waals surface area contributed by atoms with Crippen LogP contribution in [0.2, 0.25) is 0 Å². The third kappa shape index (κ3) is 3.90. The van der Waals surface area contributed by atoms with Crippen LogP contribution >= 0.6 is 0 Å². The molecule has 124 valence electrons. The van der Waals surface area contributed by atoms with E-state index in [1.54, 1.807) is 24.3 Å². The van der Waals surface area contributed by atoms with Gasteiger partial charge in [0.2, 0.25) is 15.9 Å². The number of esters is 1. The first-order chi connectivity index (χ1) is 11.4. The van der Waals surface area contributed by atoms with Gasteiger partial charge in [-0.05, 0) is 30.3 Å². The Bertz CT molecular complexity index is 961. The topological polar surface area (TPSA) is 98.5 Å². The summed E-state index contributed by atoms with van der Waals surface area (Å²) in [6.45, 7) is -0.114. The zero-order valence-electron chi connectivity index (χ0n) is 12.7. The molecule has 0 radical (unpaired) electrons. The van der Waals surface area contributed by atoms with Crippen molar-refractivity contribution in [1.29, 1.82) is 0 Å². The number of fused-ring (bicyclic) bond motifs is 1. The lowest BCUT2D eigenvalue weighted by Gasteiger charge is -2.06. The van der Waals surface area contributed by atoms with Crippen LogP contribution in [0.25, 0.3) is 11.1 Å². The number of para-hydroxylation sites is 2. The molecule has 0 saturated heterocycles. The second-order valence-electron chi connectivity index (χ2n) is 5.11. The normalized spacial score (nSPS) is 11.4. The van der Waals surface area contributed by atoms with Gasteiger partial charge in [0.05, 0.1) is 11.8 Å². The molecule has 8 heteroatoms. The Morgan fingerprint density at radius 2 is 2.00 bits per heavy atom. The number of aromatic nitrogens is 1. The van der Waals surface area contributed by atoms with Gasteiger partial charge in [-0.2, -0.15) is 0 Å². The van der Waals surface area contributed by atoms with Crippen molar-refractivity contribution in [3.05, 3.63) is 60.0 Å². The lowest BCUT2D eigenvalue weighted by atomic mass is 10.2. The second-order valence-corrected chi connectivity index (χ2v) is 6.85. The Balaban J connectivity index is 1.69. The summed E-state index contributed by atoms with van der Waals surface area (Å²) in [5, 5.41) is 0. The molecule has 3 aromatic rings. The van der Waals surface area contributed by atoms with Gasteiger partial charge in [0, 0.05) is 5.69 Å². The van der Waals surface area contributed by atoms with Crippen LogP contribution in [0.4, 0.5) is 5.69 Å². The zero-order chi connectivity index (χ0) is 17.2. The predicted molar refractivity (Wildman–Crippen MR) is 88.0 cm³/mol. The first kappa shape index (κ1) is 16.0. The lowest BCUT2D eigenvalue weighted by Crippen LogP contribution is -2.11. The molecule has 0 amide bonds. The molecule has 0 saturated carbocycles. The number of hydrogen-bond donors (Lipinski definition) is 1. The molecule has 0 aliphatic heterocycles. The molecule has 0 aliphatic rings. The van der Waals surface area contributed by atoms with Gasteiger partial charge in [-0.1, -0.05) is 18.2 Å². The number of nitrogens with one attached hydrogen (secondary N) is 1. The molecule has 0 bridgehead atoms. The third-order valence-corrected chi connectivity index (χ3v) is 3.67. The first-order valence-corrected chi connectivity index (χ1v) is 8.89. The van der Waals surface area contributed by atoms with E-state index in [2.05, 4.69) is 9.71 Å². The van der Waals surface area contributed by atoms with Crippen LogP contribution in [0.15, 0.2) is 52.9 Å². The predicted octanol–water partition coefficient (Wildman–Crippen LogP) is 2.56. The van der Waals surface area contributed by atoms with Crippen LogP contribution in [0.5, 0.6) is 0 Å². The Morgan fingerprint density at radius 1 is 1.21 bits per heavy atom. The zero-order valence-corrected chi connectivity index (χ0v) is 13.5. The standard InChI is InChI=1S/C16H14N2O5S/c1-24(20,21)18-12-6-4-5-11(9-12)16(19)22-10-15-17-13-7-2-3-8-14(13)23-15/h2-9,18H,10H2,1H3. The van der Waals surface area contributed by atoms with Gasteiger partial charge >= 0.3 is 5.97 Å². The molecule has 1 heterocycles. The Morgan fingerprint density at radius 3 is 2.75 bits per heavy atom. The number of ether oxygens (including phenoxy) is 1. The van der Waals surface area contributed by atoms with Crippen molar-refractivity contribution in [3.8, 4) is 0 Å². The van der Waals surface area contributed by atoms with E-state index in [1.807, 2.05) is 12.1 Å². The SMILES string of the molecule is CS(=O)(=O)Nc1cccc(C(=O)OCc2nc3ccccc3o2)c1. The van der Waals surface area contributed by atoms with E-state index >= 15 is 0 Å². The molecule has 0 spiro atoms. The van der Waals surface area contributed by atoms with Crippen molar-refractivity contribution in [2.45, 2.75) is 6.61 Å². The molecular formula is C16H14N2O5S. The summed E-state index contributed by atoms with van der Waals surface area (Å²) in [5.74, 6) is -0.315. The number of anilines is 1. The number of carbonyl (C=O) groups excluding carboxylic acids is 1. The van der Waals surface area contributed by atoms with Crippen LogP contribution in [-0.4, -0.2) is 25.6 Å². The van der Waals surface area contributed by atoms with Crippen LogP contribution < -0.4 is 4.72 Å². The van der Waals surface area contributed by atoms with Gasteiger partial charge in [0.25, 0.3) is 0 Å². The van der Waals surface area contributed by atoms with Crippen LogP contribution in [0.3, 0.4) is 0 Å². The van der Waals surface area contributed by atoms with E-state index in [-0.39, 0.29) is 23.7 Å². The molecule has 1 aromatic heterocycles. The fraction of sp³-hybridized carbons (Fsp3) is 0.125. The van der Waals surface area contributed by atoms with Crippen molar-refractivity contribution >= 4 is 32.8 Å². The van der Waals surface area contributed by atoms with Crippen LogP contribution in [0, 0.1) is 0 Å². The van der Waals surface area contributed by atoms with Gasteiger partial charge < -0.3 is 9.15 Å². The van der Waals surface area contributed by atoms with Crippen LogP contribution in [-0.2, 0) is 21.4 Å². The minimum atomic E-state index is -3.42. The summed E-state index contributed by atoms with van der Waals surface area (Å²) in [5.41, 5.74) is 1.80. The molecular weight excluding hydrogens is 332 g/mol.